The van der Waals surface area contributed by atoms with Gasteiger partial charge < -0.3 is 11.1 Å². The molecule has 0 aliphatic rings. The number of carbonyl (C=O) groups excluding carboxylic acids is 1. The van der Waals surface area contributed by atoms with Crippen LogP contribution in [0.3, 0.4) is 0 Å². The predicted octanol–water partition coefficient (Wildman–Crippen LogP) is 3.19. The number of rotatable bonds is 8. The lowest BCUT2D eigenvalue weighted by Crippen LogP contribution is -2.49. The summed E-state index contributed by atoms with van der Waals surface area (Å²) in [6.45, 7) is 4.56. The van der Waals surface area contributed by atoms with Gasteiger partial charge in [-0.05, 0) is 30.5 Å². The van der Waals surface area contributed by atoms with Crippen LogP contribution in [0, 0.1) is 0 Å². The largest absolute Gasteiger partial charge is 0.350 e. The number of amides is 1. The van der Waals surface area contributed by atoms with Gasteiger partial charge in [-0.2, -0.15) is 5.10 Å². The van der Waals surface area contributed by atoms with Crippen molar-refractivity contribution in [1.82, 2.24) is 20.5 Å². The van der Waals surface area contributed by atoms with E-state index in [0.717, 1.165) is 29.3 Å². The second-order valence-corrected chi connectivity index (χ2v) is 6.49. The fraction of sp³-hybridized carbons (Fsp3) is 0.438. The highest BCUT2D eigenvalue weighted by atomic mass is 35.5. The Labute approximate surface area is 165 Å². The van der Waals surface area contributed by atoms with E-state index in [2.05, 4.69) is 20.5 Å². The molecule has 0 fully saturated rings. The normalized spacial score (nSPS) is 10.5. The van der Waals surface area contributed by atoms with E-state index >= 15 is 0 Å². The van der Waals surface area contributed by atoms with Crippen molar-refractivity contribution in [2.24, 2.45) is 5.73 Å². The number of halogens is 2. The van der Waals surface area contributed by atoms with E-state index in [1.165, 1.54) is 6.33 Å². The Morgan fingerprint density at radius 3 is 2.40 bits per heavy atom. The molecule has 0 atom stereocenters. The first-order chi connectivity index (χ1) is 11.1. The van der Waals surface area contributed by atoms with Crippen LogP contribution in [0.2, 0.25) is 0 Å². The Balaban J connectivity index is 0.00000288. The van der Waals surface area contributed by atoms with Gasteiger partial charge in [0.1, 0.15) is 6.33 Å². The number of aromatic amines is 1. The summed E-state index contributed by atoms with van der Waals surface area (Å²) in [7, 11) is 0. The number of benzene rings is 1. The Morgan fingerprint density at radius 1 is 1.24 bits per heavy atom. The van der Waals surface area contributed by atoms with Crippen LogP contribution in [-0.4, -0.2) is 33.2 Å². The van der Waals surface area contributed by atoms with E-state index in [9.17, 15) is 4.79 Å². The molecule has 1 heterocycles. The maximum absolute atomic E-state index is 12.2. The molecular weight excluding hydrogens is 381 g/mol. The number of nitrogens with two attached hydrogens (primary N) is 1. The van der Waals surface area contributed by atoms with Gasteiger partial charge in [-0.15, -0.1) is 24.8 Å². The van der Waals surface area contributed by atoms with Crippen molar-refractivity contribution >= 4 is 42.5 Å². The van der Waals surface area contributed by atoms with E-state index < -0.39 is 0 Å². The van der Waals surface area contributed by atoms with Crippen molar-refractivity contribution in [3.63, 3.8) is 0 Å². The number of H-pyrrole nitrogens is 1. The summed E-state index contributed by atoms with van der Waals surface area (Å²) in [5.74, 6) is 0.686. The van der Waals surface area contributed by atoms with Gasteiger partial charge in [0.15, 0.2) is 5.16 Å². The van der Waals surface area contributed by atoms with Crippen LogP contribution in [0.5, 0.6) is 0 Å². The summed E-state index contributed by atoms with van der Waals surface area (Å²) in [4.78, 5) is 16.2. The molecule has 0 saturated carbocycles. The molecule has 6 nitrogen and oxygen atoms in total. The molecule has 1 amide bonds. The maximum Gasteiger partial charge on any atom is 0.251 e. The minimum Gasteiger partial charge on any atom is -0.350 e. The van der Waals surface area contributed by atoms with Crippen molar-refractivity contribution < 1.29 is 4.79 Å². The van der Waals surface area contributed by atoms with Crippen molar-refractivity contribution in [2.45, 2.75) is 43.1 Å². The van der Waals surface area contributed by atoms with Crippen molar-refractivity contribution in [3.05, 3.63) is 41.7 Å². The Morgan fingerprint density at radius 2 is 1.88 bits per heavy atom. The van der Waals surface area contributed by atoms with Crippen LogP contribution >= 0.6 is 36.6 Å². The van der Waals surface area contributed by atoms with Crippen molar-refractivity contribution in [1.29, 1.82) is 0 Å². The highest BCUT2D eigenvalue weighted by Crippen LogP contribution is 2.18. The summed E-state index contributed by atoms with van der Waals surface area (Å²) in [6, 6.07) is 7.57. The zero-order valence-corrected chi connectivity index (χ0v) is 16.8. The quantitative estimate of drug-likeness (QED) is 0.585. The topological polar surface area (TPSA) is 96.7 Å². The standard InChI is InChI=1S/C16H23N5OS.2ClH/c1-3-16(17,4-2)10-18-14(22)13-7-5-12(6-8-13)9-23-15-19-11-20-21-15;;/h5-8,11H,3-4,9-10,17H2,1-2H3,(H,18,22)(H,19,20,21);2*1H. The molecule has 0 unspecified atom stereocenters. The molecular formula is C16H25Cl2N5OS. The van der Waals surface area contributed by atoms with Crippen LogP contribution in [0.25, 0.3) is 0 Å². The number of thioether (sulfide) groups is 1. The summed E-state index contributed by atoms with van der Waals surface area (Å²) in [5, 5.41) is 10.3. The first kappa shape index (κ1) is 23.7. The molecule has 2 aromatic rings. The fourth-order valence-corrected chi connectivity index (χ4v) is 2.76. The van der Waals surface area contributed by atoms with Crippen LogP contribution in [0.1, 0.15) is 42.6 Å². The SMILES string of the molecule is CCC(N)(CC)CNC(=O)c1ccc(CSc2ncn[nH]2)cc1.Cl.Cl. The van der Waals surface area contributed by atoms with Crippen LogP contribution in [0.4, 0.5) is 0 Å². The third-order valence-electron chi connectivity index (χ3n) is 3.99. The van der Waals surface area contributed by atoms with Gasteiger partial charge in [-0.3, -0.25) is 9.89 Å². The monoisotopic (exact) mass is 405 g/mol. The third kappa shape index (κ3) is 7.23. The lowest BCUT2D eigenvalue weighted by Gasteiger charge is -2.26. The zero-order chi connectivity index (χ0) is 16.7. The highest BCUT2D eigenvalue weighted by Gasteiger charge is 2.21. The molecule has 0 aliphatic carbocycles. The average molecular weight is 406 g/mol. The van der Waals surface area contributed by atoms with Crippen molar-refractivity contribution in [2.75, 3.05) is 6.54 Å². The van der Waals surface area contributed by atoms with Crippen molar-refractivity contribution in [3.8, 4) is 0 Å². The summed E-state index contributed by atoms with van der Waals surface area (Å²) >= 11 is 1.57. The summed E-state index contributed by atoms with van der Waals surface area (Å²) < 4.78 is 0. The van der Waals surface area contributed by atoms with Crippen LogP contribution < -0.4 is 11.1 Å². The van der Waals surface area contributed by atoms with Gasteiger partial charge in [0.05, 0.1) is 0 Å². The molecule has 0 radical (unpaired) electrons. The second-order valence-electron chi connectivity index (χ2n) is 5.53. The lowest BCUT2D eigenvalue weighted by atomic mass is 9.94. The highest BCUT2D eigenvalue weighted by molar-refractivity contribution is 7.98. The number of aromatic nitrogens is 3. The van der Waals surface area contributed by atoms with E-state index in [0.29, 0.717) is 12.1 Å². The molecule has 140 valence electrons. The zero-order valence-electron chi connectivity index (χ0n) is 14.3. The van der Waals surface area contributed by atoms with Crippen LogP contribution in [-0.2, 0) is 5.75 Å². The molecule has 1 aromatic carbocycles. The van der Waals surface area contributed by atoms with E-state index in [1.807, 2.05) is 38.1 Å². The lowest BCUT2D eigenvalue weighted by molar-refractivity contribution is 0.0942. The van der Waals surface area contributed by atoms with E-state index in [1.54, 1.807) is 11.8 Å². The molecule has 25 heavy (non-hydrogen) atoms. The summed E-state index contributed by atoms with van der Waals surface area (Å²) in [5.41, 5.74) is 7.64. The molecule has 2 rings (SSSR count). The minimum absolute atomic E-state index is 0. The fourth-order valence-electron chi connectivity index (χ4n) is 2.03. The Bertz CT molecular complexity index is 618. The number of hydrogen-bond donors (Lipinski definition) is 3. The second kappa shape index (κ2) is 11.4. The first-order valence-corrected chi connectivity index (χ1v) is 8.69. The molecule has 0 aliphatic heterocycles. The number of hydrogen-bond acceptors (Lipinski definition) is 5. The predicted molar refractivity (Wildman–Crippen MR) is 107 cm³/mol. The summed E-state index contributed by atoms with van der Waals surface area (Å²) in [6.07, 6.45) is 3.16. The molecule has 0 bridgehead atoms. The molecule has 0 saturated heterocycles. The van der Waals surface area contributed by atoms with Gasteiger partial charge in [0.25, 0.3) is 5.91 Å². The maximum atomic E-state index is 12.2. The Hall–Kier alpha value is -1.28. The molecule has 0 spiro atoms. The van der Waals surface area contributed by atoms with E-state index in [4.69, 9.17) is 5.73 Å². The average Bonchev–Trinajstić information content (AvgIpc) is 3.11. The number of nitrogens with zero attached hydrogens (tertiary/aromatic N) is 2. The Kier molecular flexibility index (Phi) is 10.8. The number of nitrogens with one attached hydrogen (secondary N) is 2. The van der Waals surface area contributed by atoms with Gasteiger partial charge in [0.2, 0.25) is 0 Å². The third-order valence-corrected chi connectivity index (χ3v) is 4.94. The van der Waals surface area contributed by atoms with Gasteiger partial charge in [-0.25, -0.2) is 4.98 Å². The van der Waals surface area contributed by atoms with Gasteiger partial charge >= 0.3 is 0 Å². The van der Waals surface area contributed by atoms with E-state index in [-0.39, 0.29) is 36.3 Å². The molecule has 9 heteroatoms. The first-order valence-electron chi connectivity index (χ1n) is 7.70. The smallest absolute Gasteiger partial charge is 0.251 e. The van der Waals surface area contributed by atoms with Gasteiger partial charge in [-0.1, -0.05) is 37.7 Å². The van der Waals surface area contributed by atoms with Gasteiger partial charge in [0, 0.05) is 23.4 Å². The van der Waals surface area contributed by atoms with Crippen LogP contribution in [0.15, 0.2) is 35.7 Å². The molecule has 4 N–H and O–H groups in total. The number of carbonyl (C=O) groups is 1. The molecule has 1 aromatic heterocycles. The minimum atomic E-state index is -0.330.